The zero-order chi connectivity index (χ0) is 74.5. The molecule has 0 saturated heterocycles. The van der Waals surface area contributed by atoms with Crippen LogP contribution in [0, 0.1) is 35.1 Å². The van der Waals surface area contributed by atoms with E-state index in [1.165, 1.54) is 89.2 Å². The van der Waals surface area contributed by atoms with E-state index in [0.29, 0.717) is 60.9 Å². The molecule has 9 aromatic carbocycles. The molecular weight excluding hydrogens is 1390 g/mol. The average molecular weight is 1470 g/mol. The fourth-order valence-corrected chi connectivity index (χ4v) is 12.1. The average Bonchev–Trinajstić information content (AvgIpc) is 0.795. The Morgan fingerprint density at radius 3 is 1.50 bits per heavy atom. The molecular formula is C80H80F4KN3O11S3. The van der Waals surface area contributed by atoms with E-state index in [4.69, 9.17) is 16.9 Å². The van der Waals surface area contributed by atoms with Crippen molar-refractivity contribution in [3.05, 3.63) is 311 Å². The zero-order valence-corrected chi connectivity index (χ0v) is 62.6. The van der Waals surface area contributed by atoms with Gasteiger partial charge in [-0.3, -0.25) is 45.2 Å². The van der Waals surface area contributed by atoms with Crippen LogP contribution in [0.1, 0.15) is 145 Å². The van der Waals surface area contributed by atoms with Crippen LogP contribution >= 0.6 is 24.4 Å². The van der Waals surface area contributed by atoms with Gasteiger partial charge in [-0.1, -0.05) is 115 Å². The maximum Gasteiger partial charge on any atom is 1.00 e. The molecule has 0 unspecified atom stereocenters. The summed E-state index contributed by atoms with van der Waals surface area (Å²) >= 11 is 5.83. The summed E-state index contributed by atoms with van der Waals surface area (Å²) in [6.45, 7) is 10.0. The van der Waals surface area contributed by atoms with Crippen molar-refractivity contribution in [2.75, 3.05) is 7.11 Å². The second kappa shape index (κ2) is 50.7. The van der Waals surface area contributed by atoms with E-state index in [-0.39, 0.29) is 121 Å². The van der Waals surface area contributed by atoms with Gasteiger partial charge in [0.1, 0.15) is 29.6 Å². The number of carboxylic acids is 1. The Labute approximate surface area is 646 Å². The molecule has 0 heterocycles. The number of ether oxygens (including phenoxy) is 1. The number of aliphatic carboxylic acids is 1. The number of esters is 1. The van der Waals surface area contributed by atoms with Crippen LogP contribution in [0.2, 0.25) is 0 Å². The van der Waals surface area contributed by atoms with Crippen molar-refractivity contribution in [2.45, 2.75) is 121 Å². The molecule has 9 aromatic rings. The molecule has 102 heavy (non-hydrogen) atoms. The summed E-state index contributed by atoms with van der Waals surface area (Å²) in [5.41, 5.74) is 6.73. The van der Waals surface area contributed by atoms with Gasteiger partial charge < -0.3 is 21.7 Å². The summed E-state index contributed by atoms with van der Waals surface area (Å²) in [6.07, 6.45) is 10.9. The summed E-state index contributed by atoms with van der Waals surface area (Å²) in [7, 11) is -2.24. The van der Waals surface area contributed by atoms with Crippen LogP contribution in [0.3, 0.4) is 0 Å². The first-order chi connectivity index (χ1) is 48.6. The number of benzene rings is 9. The molecule has 0 amide bonds. The molecule has 0 bridgehead atoms. The van der Waals surface area contributed by atoms with Gasteiger partial charge in [-0.25, -0.2) is 26.0 Å². The molecule has 22 heteroatoms. The zero-order valence-electron chi connectivity index (χ0n) is 57.0. The van der Waals surface area contributed by atoms with Crippen molar-refractivity contribution in [2.24, 2.45) is 11.7 Å². The van der Waals surface area contributed by atoms with E-state index < -0.39 is 27.6 Å². The third kappa shape index (κ3) is 33.5. The fourth-order valence-electron chi connectivity index (χ4n) is 9.72. The topological polar surface area (TPSA) is 259 Å². The third-order valence-electron chi connectivity index (χ3n) is 14.4. The number of thiol groups is 1. The monoisotopic (exact) mass is 1470 g/mol. The minimum atomic E-state index is -3.50. The molecule has 528 valence electrons. The van der Waals surface area contributed by atoms with Gasteiger partial charge >= 0.3 is 63.3 Å². The number of rotatable bonds is 13. The van der Waals surface area contributed by atoms with Gasteiger partial charge in [0.15, 0.2) is 23.1 Å². The predicted molar refractivity (Wildman–Crippen MR) is 387 cm³/mol. The molecule has 5 N–H and O–H groups in total. The van der Waals surface area contributed by atoms with Gasteiger partial charge in [0, 0.05) is 74.6 Å². The van der Waals surface area contributed by atoms with Crippen molar-refractivity contribution in [1.82, 2.24) is 0 Å². The first-order valence-electron chi connectivity index (χ1n) is 31.7. The molecule has 3 aliphatic carbocycles. The SMILES string of the molecule is C=CC.COC(=O)CCC(=O)c1cccc(F)c1.NN.O=C(O)CCCc1cccc(F)c1.O=C1CCCc2cc(F)ccc21.O=C1CCCc2cc(S(=O)(=O)c3ccccc3)ccc21.O=C1CCCc2cc(Sc3ccccc3)ccc21.O=Cc1cccc(F)c1.Sc1ccccc1.[C-]#N.[K+]. The Morgan fingerprint density at radius 2 is 1.02 bits per heavy atom. The van der Waals surface area contributed by atoms with Crippen LogP contribution in [0.4, 0.5) is 17.6 Å². The number of nitrogens with two attached hydrogens (primary N) is 2. The van der Waals surface area contributed by atoms with Gasteiger partial charge in [0.05, 0.1) is 23.3 Å². The summed E-state index contributed by atoms with van der Waals surface area (Å²) in [6, 6.07) is 61.1. The molecule has 0 aromatic heterocycles. The van der Waals surface area contributed by atoms with Crippen LogP contribution in [0.25, 0.3) is 0 Å². The van der Waals surface area contributed by atoms with Gasteiger partial charge in [-0.05, 0) is 202 Å². The van der Waals surface area contributed by atoms with Crippen molar-refractivity contribution < 1.29 is 121 Å². The summed E-state index contributed by atoms with van der Waals surface area (Å²) in [5.74, 6) is 5.68. The standard InChI is InChI=1S/C16H14O3S.C16H14OS.C11H11FO3.C10H11FO2.C10H9FO.C7H5FO.C6H6S.C3H6.CN.K.H4N2/c17-16-8-4-5-12-11-14(9-10-15(12)16)20(18,19)13-6-2-1-3-7-13;17-16-8-4-5-12-11-14(9-10-15(12)16)18-13-6-2-1-3-7-13;1-15-11(14)6-5-10(13)8-3-2-4-9(12)7-8;11-9-5-1-3-8(7-9)4-2-6-10(12)13;11-8-4-5-9-7(6-8)2-1-3-10(9)12;8-7-3-1-2-6(4-7)5-9;7-6-4-2-1-3-5-6;1-3-2;1-2;;1-2/h1-3,6-7,9-11H,4-5,8H2;1-3,6-7,9-11H,4-5,8H2;2-4,7H,5-6H2,1H3;1,3,5,7H,2,4,6H2,(H,12,13);4-6H,1-3H2;1-5H;1-5,7H;3H,1H2,2H3;;;1-2H2/q;;;;;;;;-1;+1;. The molecule has 0 aliphatic heterocycles. The Hall–Kier alpha value is -8.57. The van der Waals surface area contributed by atoms with E-state index in [2.05, 4.69) is 59.9 Å². The Kier molecular flexibility index (Phi) is 44.5. The quantitative estimate of drug-likeness (QED) is 0.00799. The number of aryl methyl sites for hydroxylation is 4. The van der Waals surface area contributed by atoms with E-state index in [1.54, 1.807) is 84.6 Å². The number of carboxylic acid groups (broad SMARTS) is 1. The fraction of sp³-hybridized carbons (Fsp3) is 0.200. The van der Waals surface area contributed by atoms with Crippen molar-refractivity contribution in [3.63, 3.8) is 0 Å². The molecule has 0 fully saturated rings. The number of carbonyl (C=O) groups is 7. The number of nitrogens with zero attached hydrogens (tertiary/aromatic N) is 1. The number of carbonyl (C=O) groups excluding carboxylic acids is 6. The molecule has 0 saturated carbocycles. The Bertz CT molecular complexity index is 4270. The summed E-state index contributed by atoms with van der Waals surface area (Å²) in [4.78, 5) is 81.2. The van der Waals surface area contributed by atoms with E-state index in [1.807, 2.05) is 61.5 Å². The maximum atomic E-state index is 12.7. The van der Waals surface area contributed by atoms with Crippen LogP contribution in [-0.2, 0) is 49.8 Å². The summed E-state index contributed by atoms with van der Waals surface area (Å²) in [5, 5.41) is 14.6. The predicted octanol–water partition coefficient (Wildman–Crippen LogP) is 14.7. The first-order valence-corrected chi connectivity index (χ1v) is 34.4. The number of fused-ring (bicyclic) bond motifs is 3. The molecule has 0 spiro atoms. The number of hydrogen-bond donors (Lipinski definition) is 4. The molecule has 12 rings (SSSR count). The number of aldehydes is 1. The normalized spacial score (nSPS) is 11.6. The number of allylic oxidation sites excluding steroid dienone is 1. The van der Waals surface area contributed by atoms with E-state index in [0.717, 1.165) is 71.7 Å². The second-order valence-electron chi connectivity index (χ2n) is 21.8. The van der Waals surface area contributed by atoms with E-state index in [9.17, 15) is 59.5 Å². The van der Waals surface area contributed by atoms with Gasteiger partial charge in [0.25, 0.3) is 0 Å². The number of hydrazine groups is 1. The number of ketones is 4. The minimum Gasteiger partial charge on any atom is -0.512 e. The van der Waals surface area contributed by atoms with Crippen LogP contribution < -0.4 is 63.1 Å². The third-order valence-corrected chi connectivity index (χ3v) is 17.5. The largest absolute Gasteiger partial charge is 1.00 e. The van der Waals surface area contributed by atoms with Crippen LogP contribution in [0.15, 0.2) is 256 Å². The number of hydrogen-bond acceptors (Lipinski definition) is 15. The van der Waals surface area contributed by atoms with E-state index >= 15 is 0 Å². The van der Waals surface area contributed by atoms with Gasteiger partial charge in [-0.2, -0.15) is 0 Å². The Morgan fingerprint density at radius 1 is 0.559 bits per heavy atom. The maximum absolute atomic E-state index is 12.7. The van der Waals surface area contributed by atoms with Crippen LogP contribution in [0.5, 0.6) is 0 Å². The number of Topliss-reactive ketones (excluding diaryl/α,β-unsaturated/α-hetero) is 4. The molecule has 0 radical (unpaired) electrons. The number of methoxy groups -OCH3 is 1. The van der Waals surface area contributed by atoms with Crippen molar-refractivity contribution in [1.29, 1.82) is 5.26 Å². The number of sulfone groups is 1. The minimum absolute atomic E-state index is 0. The Balaban J connectivity index is 0.000000405. The van der Waals surface area contributed by atoms with Gasteiger partial charge in [-0.15, -0.1) is 19.2 Å². The number of halogens is 4. The molecule has 3 aliphatic rings. The smallest absolute Gasteiger partial charge is 0.512 e. The summed E-state index contributed by atoms with van der Waals surface area (Å²) < 4.78 is 79.7. The van der Waals surface area contributed by atoms with Crippen molar-refractivity contribution in [3.8, 4) is 0 Å². The second-order valence-corrected chi connectivity index (χ2v) is 25.4. The molecule has 14 nitrogen and oxygen atoms in total. The van der Waals surface area contributed by atoms with Gasteiger partial charge in [0.2, 0.25) is 9.84 Å². The van der Waals surface area contributed by atoms with Crippen molar-refractivity contribution >= 4 is 75.6 Å². The first kappa shape index (κ1) is 89.5. The van der Waals surface area contributed by atoms with Crippen LogP contribution in [-0.4, -0.2) is 62.0 Å². The molecule has 0 atom stereocenters.